The number of nitrogens with two attached hydrogens (primary N) is 4. The maximum atomic E-state index is 12.8. The zero-order chi connectivity index (χ0) is 90.3. The van der Waals surface area contributed by atoms with Crippen molar-refractivity contribution in [3.8, 4) is 6.07 Å². The third kappa shape index (κ3) is 27.0. The number of amides is 1. The highest BCUT2D eigenvalue weighted by Gasteiger charge is 2.21. The first-order valence-electron chi connectivity index (χ1n) is 40.6. The topological polar surface area (TPSA) is 348 Å². The number of fused-ring (bicyclic) bond motifs is 4. The van der Waals surface area contributed by atoms with Gasteiger partial charge in [-0.1, -0.05) is 156 Å². The smallest absolute Gasteiger partial charge is 0.261 e. The van der Waals surface area contributed by atoms with Gasteiger partial charge in [-0.3, -0.25) is 19.2 Å². The third-order valence-electron chi connectivity index (χ3n) is 20.6. The number of nitrogen functional groups attached to an aromatic ring is 4. The van der Waals surface area contributed by atoms with Crippen molar-refractivity contribution >= 4 is 197 Å². The van der Waals surface area contributed by atoms with Crippen molar-refractivity contribution in [2.45, 2.75) is 95.8 Å². The predicted octanol–water partition coefficient (Wildman–Crippen LogP) is 19.4. The second kappa shape index (κ2) is 45.5. The molecule has 0 fully saturated rings. The number of ketones is 3. The van der Waals surface area contributed by atoms with E-state index in [4.69, 9.17) is 74.6 Å². The Morgan fingerprint density at radius 2 is 0.780 bits per heavy atom. The highest BCUT2D eigenvalue weighted by molar-refractivity contribution is 7.90. The molecule has 0 unspecified atom stereocenters. The lowest BCUT2D eigenvalue weighted by Gasteiger charge is -2.12. The van der Waals surface area contributed by atoms with Crippen LogP contribution < -0.4 is 54.4 Å². The minimum atomic E-state index is -3.30. The molecule has 0 spiro atoms. The molecule has 15 rings (SSSR count). The summed E-state index contributed by atoms with van der Waals surface area (Å²) in [6.07, 6.45) is 11.1. The van der Waals surface area contributed by atoms with E-state index in [2.05, 4.69) is 98.8 Å². The molecule has 31 heteroatoms. The van der Waals surface area contributed by atoms with E-state index in [0.717, 1.165) is 110 Å². The van der Waals surface area contributed by atoms with Crippen LogP contribution in [0.2, 0.25) is 20.1 Å². The number of nitriles is 1. The number of Topliss-reactive ketones (excluding diaryl/α,β-unsaturated/α-hetero) is 3. The molecule has 7 aromatic carbocycles. The molecule has 8 aromatic heterocycles. The molecule has 0 bridgehead atoms. The molecule has 8 heterocycles. The summed E-state index contributed by atoms with van der Waals surface area (Å²) in [6, 6.07) is 63.5. The number of rotatable bonds is 34. The van der Waals surface area contributed by atoms with Gasteiger partial charge in [0.2, 0.25) is 0 Å². The average molecular weight is 1870 g/mol. The Bertz CT molecular complexity index is 6590. The Kier molecular flexibility index (Phi) is 34.0. The molecular weight excluding hydrogens is 1780 g/mol. The van der Waals surface area contributed by atoms with E-state index in [9.17, 15) is 27.6 Å². The van der Waals surface area contributed by atoms with Crippen molar-refractivity contribution in [1.82, 2.24) is 51.4 Å². The number of hydrogen-bond acceptors (Lipinski definition) is 25. The Labute approximate surface area is 774 Å². The van der Waals surface area contributed by atoms with Gasteiger partial charge < -0.3 is 59.3 Å². The molecular formula is C96H96Cl4N16O6S5. The van der Waals surface area contributed by atoms with E-state index in [1.165, 1.54) is 62.9 Å². The molecule has 654 valence electrons. The van der Waals surface area contributed by atoms with Crippen LogP contribution in [-0.2, 0) is 81.5 Å². The second-order valence-corrected chi connectivity index (χ2v) is 38.7. The van der Waals surface area contributed by atoms with Crippen molar-refractivity contribution in [2.75, 3.05) is 75.4 Å². The number of carbonyl (C=O) groups excluding carboxylic acids is 4. The molecule has 0 atom stereocenters. The number of pyridine rings is 4. The number of benzene rings is 7. The average Bonchev–Trinajstić information content (AvgIpc) is 1.77. The Morgan fingerprint density at radius 1 is 0.409 bits per heavy atom. The molecule has 0 aliphatic rings. The third-order valence-corrected chi connectivity index (χ3v) is 28.3. The second-order valence-electron chi connectivity index (χ2n) is 30.5. The maximum absolute atomic E-state index is 12.8. The number of sulfone groups is 1. The van der Waals surface area contributed by atoms with Crippen LogP contribution in [0.5, 0.6) is 0 Å². The van der Waals surface area contributed by atoms with Gasteiger partial charge in [-0.15, -0.1) is 45.3 Å². The van der Waals surface area contributed by atoms with Crippen LogP contribution in [0.1, 0.15) is 122 Å². The Hall–Kier alpha value is -11.1. The van der Waals surface area contributed by atoms with Gasteiger partial charge in [0.25, 0.3) is 5.91 Å². The monoisotopic (exact) mass is 1870 g/mol. The Balaban J connectivity index is 0.000000154. The fourth-order valence-corrected chi connectivity index (χ4v) is 20.0. The quantitative estimate of drug-likeness (QED) is 0.0134. The minimum Gasteiger partial charge on any atom is -0.383 e. The van der Waals surface area contributed by atoms with Gasteiger partial charge in [-0.25, -0.2) is 28.4 Å². The van der Waals surface area contributed by atoms with Gasteiger partial charge >= 0.3 is 0 Å². The number of hydrogen-bond donors (Lipinski definition) is 9. The molecule has 127 heavy (non-hydrogen) atoms. The summed E-state index contributed by atoms with van der Waals surface area (Å²) in [5.41, 5.74) is 32.6. The molecule has 15 aromatic rings. The fraction of sp³-hybridized carbons (Fsp3) is 0.219. The first-order chi connectivity index (χ1) is 61.1. The van der Waals surface area contributed by atoms with Crippen molar-refractivity contribution in [3.63, 3.8) is 0 Å². The van der Waals surface area contributed by atoms with Crippen molar-refractivity contribution in [1.29, 1.82) is 5.26 Å². The molecule has 0 aliphatic carbocycles. The number of likely N-dealkylation sites (N-methyl/N-ethyl adjacent to an activating group) is 1. The summed E-state index contributed by atoms with van der Waals surface area (Å²) in [5, 5.41) is 35.4. The van der Waals surface area contributed by atoms with E-state index < -0.39 is 9.84 Å². The summed E-state index contributed by atoms with van der Waals surface area (Å²) in [5.74, 6) is 2.14. The van der Waals surface area contributed by atoms with E-state index in [1.54, 1.807) is 73.3 Å². The van der Waals surface area contributed by atoms with Crippen LogP contribution in [-0.4, -0.2) is 104 Å². The molecule has 13 N–H and O–H groups in total. The van der Waals surface area contributed by atoms with Gasteiger partial charge in [0.15, 0.2) is 27.2 Å². The van der Waals surface area contributed by atoms with E-state index in [0.29, 0.717) is 163 Å². The van der Waals surface area contributed by atoms with Gasteiger partial charge in [-0.05, 0) is 179 Å². The lowest BCUT2D eigenvalue weighted by Crippen LogP contribution is -2.26. The number of thiophene rings is 4. The molecule has 0 radical (unpaired) electrons. The van der Waals surface area contributed by atoms with Crippen LogP contribution in [0.15, 0.2) is 224 Å². The standard InChI is InChI=1S/C26H27ClN4OS.C25H21ClN4OS.C25H24ClN3O3S2.C20H24ClN5OS/c1-31(2)20-7-3-18(4-8-20)15-29-16-25-22(27)14-24(33-25)23(32)10-6-17-5-9-21-19(13-17)11-12-30-26(21)28;26-21-12-23(32-24(21)15-29-14-18-3-1-2-17(10-18)13-27)22(31)7-5-16-4-6-20-19(11-16)8-9-30-25(20)28;1-34(31,32)24-5-3-2-4-18(24)14-28-15-23-20(26)13-22(33-23)21(30)9-7-16-6-8-19-17(12-16)10-11-29-25(19)27;1-26(2)8-7-23-12-18-16(21)10-17(28-18)20(27)25-11-13-3-4-15-14(9-13)5-6-24-19(15)22/h3-5,7-9,11-14,29H,6,10,15-16H2,1-2H3,(H2,28,30);1-4,6,8-12,29H,5,7,14-15H2,(H2,28,30);2-6,8,10-13,28H,7,9,14-15H2,1H3,(H2,27,29);3-6,9-10,23H,7-8,11-12H2,1-2H3,(H2,22,24)(H,25,27). The number of nitrogens with one attached hydrogen (secondary N) is 5. The lowest BCUT2D eigenvalue weighted by atomic mass is 10.0. The number of carbonyl (C=O) groups is 4. The van der Waals surface area contributed by atoms with E-state index in [1.807, 2.05) is 137 Å². The molecule has 0 saturated heterocycles. The number of aromatic nitrogens is 4. The summed E-state index contributed by atoms with van der Waals surface area (Å²) in [7, 11) is 4.81. The van der Waals surface area contributed by atoms with Crippen molar-refractivity contribution < 1.29 is 27.6 Å². The maximum Gasteiger partial charge on any atom is 0.261 e. The molecule has 0 aliphatic heterocycles. The van der Waals surface area contributed by atoms with Crippen molar-refractivity contribution in [3.05, 3.63) is 323 Å². The number of aryl methyl sites for hydroxylation is 3. The Morgan fingerprint density at radius 3 is 1.20 bits per heavy atom. The van der Waals surface area contributed by atoms with Crippen LogP contribution in [0, 0.1) is 11.3 Å². The molecule has 1 amide bonds. The SMILES string of the molecule is CN(C)CCNCc1sc(C(=O)NCc2ccc3c(N)nccc3c2)cc1Cl.CN(C)c1ccc(CNCc2sc(C(=O)CCc3ccc4c(N)nccc4c3)cc2Cl)cc1.CS(=O)(=O)c1ccccc1CNCc1sc(C(=O)CCc2ccc3c(N)nccc3c2)cc1Cl.N#Cc1cccc(CNCc2sc(C(=O)CCc3ccc4c(N)nccc4c3)cc2Cl)c1. The molecule has 22 nitrogen and oxygen atoms in total. The zero-order valence-corrected chi connectivity index (χ0v) is 77.6. The van der Waals surface area contributed by atoms with Gasteiger partial charge in [0, 0.05) is 177 Å². The molecule has 0 saturated carbocycles. The van der Waals surface area contributed by atoms with Gasteiger partial charge in [-0.2, -0.15) is 5.26 Å². The largest absolute Gasteiger partial charge is 0.383 e. The fourth-order valence-electron chi connectivity index (χ4n) is 13.8. The van der Waals surface area contributed by atoms with E-state index in [-0.39, 0.29) is 23.3 Å². The summed E-state index contributed by atoms with van der Waals surface area (Å²) in [4.78, 5) is 78.1. The van der Waals surface area contributed by atoms with Crippen LogP contribution in [0.3, 0.4) is 0 Å². The number of nitrogens with zero attached hydrogens (tertiary/aromatic N) is 7. The van der Waals surface area contributed by atoms with Crippen LogP contribution in [0.25, 0.3) is 43.1 Å². The number of anilines is 5. The van der Waals surface area contributed by atoms with Gasteiger partial charge in [0.05, 0.1) is 56.1 Å². The van der Waals surface area contributed by atoms with E-state index >= 15 is 0 Å². The van der Waals surface area contributed by atoms with Crippen LogP contribution >= 0.6 is 91.8 Å². The summed E-state index contributed by atoms with van der Waals surface area (Å²) in [6.45, 7) is 6.28. The summed E-state index contributed by atoms with van der Waals surface area (Å²) >= 11 is 31.1. The predicted molar refractivity (Wildman–Crippen MR) is 524 cm³/mol. The van der Waals surface area contributed by atoms with Gasteiger partial charge in [0.1, 0.15) is 23.3 Å². The zero-order valence-electron chi connectivity index (χ0n) is 70.5. The minimum absolute atomic E-state index is 0.0370. The first-order valence-corrected chi connectivity index (χ1v) is 47.3. The van der Waals surface area contributed by atoms with Crippen LogP contribution in [0.4, 0.5) is 29.0 Å². The van der Waals surface area contributed by atoms with Crippen molar-refractivity contribution in [2.24, 2.45) is 0 Å². The first kappa shape index (κ1) is 95.0. The number of halogens is 4. The highest BCUT2D eigenvalue weighted by Crippen LogP contribution is 2.35. The summed E-state index contributed by atoms with van der Waals surface area (Å²) < 4.78 is 23.9. The lowest BCUT2D eigenvalue weighted by molar-refractivity contribution is 0.0951. The highest BCUT2D eigenvalue weighted by atomic mass is 35.5. The normalized spacial score (nSPS) is 11.3.